The Morgan fingerprint density at radius 1 is 0.606 bits per heavy atom. The zero-order chi connectivity index (χ0) is 23.2. The van der Waals surface area contributed by atoms with Gasteiger partial charge >= 0.3 is 0 Å². The fourth-order valence-corrected chi connectivity index (χ4v) is 8.78. The van der Waals surface area contributed by atoms with Crippen molar-refractivity contribution in [2.24, 2.45) is 0 Å². The van der Waals surface area contributed by atoms with E-state index in [9.17, 15) is 0 Å². The van der Waals surface area contributed by atoms with Gasteiger partial charge in [0.25, 0.3) is 0 Å². The first kappa shape index (κ1) is 23.2. The molecule has 0 N–H and O–H groups in total. The Balaban J connectivity index is 2.09. The Morgan fingerprint density at radius 2 is 0.970 bits per heavy atom. The molecule has 168 valence electrons. The third-order valence-electron chi connectivity index (χ3n) is 6.42. The van der Waals surface area contributed by atoms with Crippen LogP contribution in [0.5, 0.6) is 0 Å². The van der Waals surface area contributed by atoms with Crippen molar-refractivity contribution in [2.45, 2.75) is 18.0 Å². The maximum atomic E-state index is 15.9. The maximum absolute atomic E-state index is 15.9. The van der Waals surface area contributed by atoms with Crippen molar-refractivity contribution < 1.29 is 4.57 Å². The van der Waals surface area contributed by atoms with Gasteiger partial charge in [-0.05, 0) is 44.6 Å². The van der Waals surface area contributed by atoms with E-state index in [4.69, 9.17) is 0 Å². The van der Waals surface area contributed by atoms with Crippen molar-refractivity contribution in [3.05, 3.63) is 132 Å². The number of hydrogen-bond acceptors (Lipinski definition) is 2. The van der Waals surface area contributed by atoms with E-state index in [0.29, 0.717) is 0 Å². The molecular weight excluding hydrogens is 421 g/mol. The van der Waals surface area contributed by atoms with Crippen molar-refractivity contribution in [1.29, 1.82) is 0 Å². The molecule has 4 aromatic rings. The molecule has 4 rings (SSSR count). The summed E-state index contributed by atoms with van der Waals surface area (Å²) in [6.45, 7) is 0.936. The van der Waals surface area contributed by atoms with Gasteiger partial charge in [-0.1, -0.05) is 121 Å². The molecule has 2 nitrogen and oxygen atoms in total. The molecule has 4 aromatic carbocycles. The van der Waals surface area contributed by atoms with E-state index in [1.54, 1.807) is 0 Å². The number of benzene rings is 4. The predicted octanol–water partition coefficient (Wildman–Crippen LogP) is 6.29. The second-order valence-corrected chi connectivity index (χ2v) is 11.8. The van der Waals surface area contributed by atoms with E-state index >= 15 is 4.57 Å². The molecule has 0 unspecified atom stereocenters. The van der Waals surface area contributed by atoms with Crippen LogP contribution in [0.4, 0.5) is 0 Å². The van der Waals surface area contributed by atoms with Crippen molar-refractivity contribution in [3.63, 3.8) is 0 Å². The molecule has 0 saturated heterocycles. The molecule has 0 amide bonds. The summed E-state index contributed by atoms with van der Waals surface area (Å²) in [4.78, 5) is 2.21. The van der Waals surface area contributed by atoms with Gasteiger partial charge in [-0.2, -0.15) is 0 Å². The standard InChI is InChI=1S/C30H32NOP/c1-31(2)25-15-24-30(26-16-7-3-8-17-26,27-18-9-4-10-19-27)33(32,28-20-11-5-12-21-28)29-22-13-6-14-23-29/h3-14,16-23H,15,24-25H2,1-2H3. The highest BCUT2D eigenvalue weighted by molar-refractivity contribution is 7.80. The highest BCUT2D eigenvalue weighted by Crippen LogP contribution is 2.66. The van der Waals surface area contributed by atoms with E-state index in [-0.39, 0.29) is 0 Å². The molecule has 0 spiro atoms. The Hall–Kier alpha value is -2.93. The topological polar surface area (TPSA) is 20.3 Å². The molecule has 33 heavy (non-hydrogen) atoms. The lowest BCUT2D eigenvalue weighted by atomic mass is 9.86. The highest BCUT2D eigenvalue weighted by atomic mass is 31.2. The van der Waals surface area contributed by atoms with Crippen molar-refractivity contribution in [1.82, 2.24) is 4.90 Å². The zero-order valence-electron chi connectivity index (χ0n) is 19.5. The molecule has 0 aliphatic heterocycles. The number of hydrogen-bond donors (Lipinski definition) is 0. The summed E-state index contributed by atoms with van der Waals surface area (Å²) in [6.07, 6.45) is 1.71. The molecule has 0 aliphatic rings. The Morgan fingerprint density at radius 3 is 1.33 bits per heavy atom. The normalized spacial score (nSPS) is 12.1. The van der Waals surface area contributed by atoms with E-state index in [0.717, 1.165) is 41.1 Å². The van der Waals surface area contributed by atoms with Crippen LogP contribution in [0.25, 0.3) is 0 Å². The molecule has 0 fully saturated rings. The summed E-state index contributed by atoms with van der Waals surface area (Å²) in [6, 6.07) is 41.1. The summed E-state index contributed by atoms with van der Waals surface area (Å²) in [5.74, 6) is 0. The molecule has 0 atom stereocenters. The SMILES string of the molecule is CN(C)CCCC(c1ccccc1)(c1ccccc1)P(=O)(c1ccccc1)c1ccccc1. The van der Waals surface area contributed by atoms with Crippen LogP contribution < -0.4 is 10.6 Å². The predicted molar refractivity (Wildman–Crippen MR) is 141 cm³/mol. The van der Waals surface area contributed by atoms with Gasteiger partial charge in [-0.15, -0.1) is 0 Å². The van der Waals surface area contributed by atoms with Crippen LogP contribution in [0, 0.1) is 0 Å². The fraction of sp³-hybridized carbons (Fsp3) is 0.200. The zero-order valence-corrected chi connectivity index (χ0v) is 20.4. The third-order valence-corrected chi connectivity index (χ3v) is 10.3. The third kappa shape index (κ3) is 4.47. The van der Waals surface area contributed by atoms with Crippen molar-refractivity contribution >= 4 is 17.8 Å². The second kappa shape index (κ2) is 10.3. The minimum absolute atomic E-state index is 0.686. The number of rotatable bonds is 9. The first-order chi connectivity index (χ1) is 16.1. The first-order valence-corrected chi connectivity index (χ1v) is 13.3. The quantitative estimate of drug-likeness (QED) is 0.278. The molecule has 0 saturated carbocycles. The van der Waals surface area contributed by atoms with Crippen LogP contribution in [0.2, 0.25) is 0 Å². The Bertz CT molecular complexity index is 1090. The summed E-state index contributed by atoms with van der Waals surface area (Å²) in [5.41, 5.74) is 2.21. The van der Waals surface area contributed by atoms with E-state index in [1.807, 2.05) is 72.8 Å². The molecule has 0 radical (unpaired) electrons. The van der Waals surface area contributed by atoms with Crippen LogP contribution >= 0.6 is 7.14 Å². The van der Waals surface area contributed by atoms with Gasteiger partial charge in [0.05, 0.1) is 5.16 Å². The monoisotopic (exact) mass is 453 g/mol. The van der Waals surface area contributed by atoms with Gasteiger partial charge in [0, 0.05) is 10.6 Å². The van der Waals surface area contributed by atoms with Crippen molar-refractivity contribution in [2.75, 3.05) is 20.6 Å². The number of nitrogens with zero attached hydrogens (tertiary/aromatic N) is 1. The summed E-state index contributed by atoms with van der Waals surface area (Å²) in [7, 11) is 1.01. The Labute approximate surface area is 198 Å². The Kier molecular flexibility index (Phi) is 7.28. The smallest absolute Gasteiger partial charge is 0.157 e. The van der Waals surface area contributed by atoms with E-state index in [2.05, 4.69) is 67.5 Å². The molecular formula is C30H32NOP. The lowest BCUT2D eigenvalue weighted by Crippen LogP contribution is -2.38. The van der Waals surface area contributed by atoms with E-state index < -0.39 is 12.3 Å². The van der Waals surface area contributed by atoms with Crippen LogP contribution in [-0.2, 0) is 9.72 Å². The van der Waals surface area contributed by atoms with Gasteiger partial charge in [-0.25, -0.2) is 0 Å². The van der Waals surface area contributed by atoms with Gasteiger partial charge in [0.1, 0.15) is 0 Å². The first-order valence-electron chi connectivity index (χ1n) is 11.6. The largest absolute Gasteiger partial charge is 0.312 e. The van der Waals surface area contributed by atoms with E-state index in [1.165, 1.54) is 0 Å². The lowest BCUT2D eigenvalue weighted by molar-refractivity contribution is 0.382. The van der Waals surface area contributed by atoms with Gasteiger partial charge in [0.15, 0.2) is 7.14 Å². The van der Waals surface area contributed by atoms with Crippen LogP contribution in [0.15, 0.2) is 121 Å². The van der Waals surface area contributed by atoms with Gasteiger partial charge in [0.2, 0.25) is 0 Å². The van der Waals surface area contributed by atoms with Crippen LogP contribution in [0.1, 0.15) is 24.0 Å². The summed E-state index contributed by atoms with van der Waals surface area (Å²) in [5, 5.41) is 1.11. The van der Waals surface area contributed by atoms with Gasteiger partial charge < -0.3 is 9.46 Å². The fourth-order valence-electron chi connectivity index (χ4n) is 4.92. The summed E-state index contributed by atoms with van der Waals surface area (Å²) < 4.78 is 15.9. The molecule has 0 aliphatic carbocycles. The molecule has 0 heterocycles. The van der Waals surface area contributed by atoms with Crippen LogP contribution in [0.3, 0.4) is 0 Å². The minimum Gasteiger partial charge on any atom is -0.312 e. The lowest BCUT2D eigenvalue weighted by Gasteiger charge is -2.43. The van der Waals surface area contributed by atoms with Crippen molar-refractivity contribution in [3.8, 4) is 0 Å². The minimum atomic E-state index is -3.19. The highest BCUT2D eigenvalue weighted by Gasteiger charge is 2.52. The van der Waals surface area contributed by atoms with Crippen LogP contribution in [-0.4, -0.2) is 25.5 Å². The molecule has 3 heteroatoms. The van der Waals surface area contributed by atoms with Gasteiger partial charge in [-0.3, -0.25) is 0 Å². The maximum Gasteiger partial charge on any atom is 0.157 e. The average molecular weight is 454 g/mol. The average Bonchev–Trinajstić information content (AvgIpc) is 2.88. The molecule has 0 aromatic heterocycles. The second-order valence-electron chi connectivity index (χ2n) is 8.78. The summed E-state index contributed by atoms with van der Waals surface area (Å²) >= 11 is 0. The molecule has 0 bridgehead atoms.